The third kappa shape index (κ3) is 3.20. The molecule has 2 heteroatoms. The summed E-state index contributed by atoms with van der Waals surface area (Å²) in [6, 6.07) is 25.4. The van der Waals surface area contributed by atoms with Gasteiger partial charge in [-0.15, -0.1) is 0 Å². The predicted octanol–water partition coefficient (Wildman–Crippen LogP) is 4.93. The monoisotopic (exact) mass is 323 g/mol. The van der Waals surface area contributed by atoms with Crippen molar-refractivity contribution in [2.75, 3.05) is 0 Å². The number of ketones is 1. The van der Waals surface area contributed by atoms with Crippen LogP contribution in [-0.4, -0.2) is 11.5 Å². The standard InChI is InChI=1S/C23H17NO/c25-23(18-9-5-2-6-10-18)19-12-13-21-20(15-19)16-24-22(21)14-11-17-7-3-1-4-8-17/h1-15H,16H2/b14-11+. The molecule has 2 nitrogen and oxygen atoms in total. The Bertz CT molecular complexity index is 969. The van der Waals surface area contributed by atoms with Crippen LogP contribution in [-0.2, 0) is 6.54 Å². The van der Waals surface area contributed by atoms with Gasteiger partial charge in [0.2, 0.25) is 0 Å². The van der Waals surface area contributed by atoms with Crippen LogP contribution in [0.4, 0.5) is 0 Å². The summed E-state index contributed by atoms with van der Waals surface area (Å²) in [4.78, 5) is 17.2. The minimum absolute atomic E-state index is 0.0525. The van der Waals surface area contributed by atoms with Gasteiger partial charge in [0.15, 0.2) is 5.78 Å². The van der Waals surface area contributed by atoms with E-state index in [2.05, 4.69) is 23.2 Å². The highest BCUT2D eigenvalue weighted by molar-refractivity contribution is 6.14. The average molecular weight is 323 g/mol. The molecule has 4 rings (SSSR count). The summed E-state index contributed by atoms with van der Waals surface area (Å²) >= 11 is 0. The van der Waals surface area contributed by atoms with Crippen LogP contribution in [0.2, 0.25) is 0 Å². The van der Waals surface area contributed by atoms with Gasteiger partial charge in [0.05, 0.1) is 12.3 Å². The summed E-state index contributed by atoms with van der Waals surface area (Å²) in [6.45, 7) is 0.625. The number of hydrogen-bond acceptors (Lipinski definition) is 2. The smallest absolute Gasteiger partial charge is 0.193 e. The largest absolute Gasteiger partial charge is 0.289 e. The van der Waals surface area contributed by atoms with Crippen molar-refractivity contribution in [3.8, 4) is 0 Å². The van der Waals surface area contributed by atoms with E-state index < -0.39 is 0 Å². The quantitative estimate of drug-likeness (QED) is 0.626. The van der Waals surface area contributed by atoms with Crippen molar-refractivity contribution in [2.24, 2.45) is 4.99 Å². The third-order valence-electron chi connectivity index (χ3n) is 4.33. The van der Waals surface area contributed by atoms with E-state index in [-0.39, 0.29) is 5.78 Å². The maximum atomic E-state index is 12.6. The zero-order chi connectivity index (χ0) is 17.1. The number of nitrogens with zero attached hydrogens (tertiary/aromatic N) is 1. The van der Waals surface area contributed by atoms with Crippen molar-refractivity contribution < 1.29 is 4.79 Å². The van der Waals surface area contributed by atoms with Gasteiger partial charge in [-0.2, -0.15) is 0 Å². The molecule has 0 N–H and O–H groups in total. The van der Waals surface area contributed by atoms with Crippen LogP contribution < -0.4 is 0 Å². The molecule has 0 fully saturated rings. The second kappa shape index (κ2) is 6.70. The minimum atomic E-state index is 0.0525. The van der Waals surface area contributed by atoms with Gasteiger partial charge in [-0.05, 0) is 23.3 Å². The van der Waals surface area contributed by atoms with Gasteiger partial charge < -0.3 is 0 Å². The molecule has 0 saturated heterocycles. The number of rotatable bonds is 4. The molecule has 1 aliphatic heterocycles. The highest BCUT2D eigenvalue weighted by atomic mass is 16.1. The lowest BCUT2D eigenvalue weighted by atomic mass is 9.97. The van der Waals surface area contributed by atoms with E-state index in [1.807, 2.05) is 72.8 Å². The summed E-state index contributed by atoms with van der Waals surface area (Å²) in [5.41, 5.74) is 5.76. The zero-order valence-electron chi connectivity index (χ0n) is 13.7. The summed E-state index contributed by atoms with van der Waals surface area (Å²) in [7, 11) is 0. The molecule has 3 aromatic rings. The number of allylic oxidation sites excluding steroid dienone is 1. The normalized spacial score (nSPS) is 12.9. The average Bonchev–Trinajstić information content (AvgIpc) is 3.09. The Kier molecular flexibility index (Phi) is 4.09. The van der Waals surface area contributed by atoms with Gasteiger partial charge in [-0.25, -0.2) is 0 Å². The number of hydrogen-bond donors (Lipinski definition) is 0. The lowest BCUT2D eigenvalue weighted by molar-refractivity contribution is 0.103. The number of carbonyl (C=O) groups excluding carboxylic acids is 1. The first kappa shape index (κ1) is 15.3. The first-order valence-corrected chi connectivity index (χ1v) is 8.32. The van der Waals surface area contributed by atoms with Gasteiger partial charge in [0, 0.05) is 16.7 Å². The molecule has 0 aliphatic carbocycles. The maximum absolute atomic E-state index is 12.6. The molecule has 0 radical (unpaired) electrons. The number of fused-ring (bicyclic) bond motifs is 1. The molecule has 1 heterocycles. The zero-order valence-corrected chi connectivity index (χ0v) is 13.7. The molecule has 0 aromatic heterocycles. The first-order valence-electron chi connectivity index (χ1n) is 8.32. The first-order chi connectivity index (χ1) is 12.3. The number of aliphatic imine (C=N–C) groups is 1. The molecule has 0 unspecified atom stereocenters. The highest BCUT2D eigenvalue weighted by Crippen LogP contribution is 2.23. The number of benzene rings is 3. The Morgan fingerprint density at radius 1 is 0.800 bits per heavy atom. The van der Waals surface area contributed by atoms with Gasteiger partial charge >= 0.3 is 0 Å². The van der Waals surface area contributed by atoms with Crippen molar-refractivity contribution in [1.29, 1.82) is 0 Å². The van der Waals surface area contributed by atoms with Gasteiger partial charge in [-0.1, -0.05) is 78.9 Å². The van der Waals surface area contributed by atoms with Crippen molar-refractivity contribution in [1.82, 2.24) is 0 Å². The Morgan fingerprint density at radius 3 is 2.28 bits per heavy atom. The molecule has 0 spiro atoms. The van der Waals surface area contributed by atoms with Crippen LogP contribution in [0, 0.1) is 0 Å². The molecular weight excluding hydrogens is 306 g/mol. The van der Waals surface area contributed by atoms with Crippen LogP contribution in [0.3, 0.4) is 0 Å². The molecule has 3 aromatic carbocycles. The lowest BCUT2D eigenvalue weighted by Gasteiger charge is -2.05. The molecule has 120 valence electrons. The SMILES string of the molecule is O=C(c1ccccc1)c1ccc2c(c1)CN=C2/C=C/c1ccccc1. The van der Waals surface area contributed by atoms with E-state index in [0.29, 0.717) is 17.7 Å². The van der Waals surface area contributed by atoms with E-state index in [1.165, 1.54) is 0 Å². The molecule has 0 atom stereocenters. The lowest BCUT2D eigenvalue weighted by Crippen LogP contribution is -2.03. The second-order valence-electron chi connectivity index (χ2n) is 6.01. The summed E-state index contributed by atoms with van der Waals surface area (Å²) in [6.07, 6.45) is 4.11. The molecule has 1 aliphatic rings. The van der Waals surface area contributed by atoms with Gasteiger partial charge in [0.25, 0.3) is 0 Å². The summed E-state index contributed by atoms with van der Waals surface area (Å²) in [5, 5.41) is 0. The molecule has 0 amide bonds. The number of carbonyl (C=O) groups is 1. The molecule has 25 heavy (non-hydrogen) atoms. The topological polar surface area (TPSA) is 29.4 Å². The van der Waals surface area contributed by atoms with Crippen LogP contribution in [0.15, 0.2) is 89.9 Å². The highest BCUT2D eigenvalue weighted by Gasteiger charge is 2.17. The Morgan fingerprint density at radius 2 is 1.52 bits per heavy atom. The van der Waals surface area contributed by atoms with E-state index >= 15 is 0 Å². The maximum Gasteiger partial charge on any atom is 0.193 e. The van der Waals surface area contributed by atoms with E-state index in [1.54, 1.807) is 0 Å². The van der Waals surface area contributed by atoms with Crippen molar-refractivity contribution in [2.45, 2.75) is 6.54 Å². The van der Waals surface area contributed by atoms with Crippen molar-refractivity contribution in [3.05, 3.63) is 113 Å². The fourth-order valence-corrected chi connectivity index (χ4v) is 3.01. The third-order valence-corrected chi connectivity index (χ3v) is 4.33. The van der Waals surface area contributed by atoms with Crippen LogP contribution in [0.25, 0.3) is 6.08 Å². The van der Waals surface area contributed by atoms with E-state index in [0.717, 1.165) is 22.4 Å². The Labute approximate surface area is 147 Å². The summed E-state index contributed by atoms with van der Waals surface area (Å²) in [5.74, 6) is 0.0525. The van der Waals surface area contributed by atoms with Gasteiger partial charge in [0.1, 0.15) is 0 Å². The molecular formula is C23H17NO. The van der Waals surface area contributed by atoms with Crippen LogP contribution >= 0.6 is 0 Å². The molecule has 0 bridgehead atoms. The van der Waals surface area contributed by atoms with Gasteiger partial charge in [-0.3, -0.25) is 9.79 Å². The van der Waals surface area contributed by atoms with Crippen LogP contribution in [0.1, 0.15) is 32.6 Å². The minimum Gasteiger partial charge on any atom is -0.289 e. The van der Waals surface area contributed by atoms with E-state index in [9.17, 15) is 4.79 Å². The van der Waals surface area contributed by atoms with Crippen molar-refractivity contribution >= 4 is 17.6 Å². The Hall–Kier alpha value is -3.26. The fourth-order valence-electron chi connectivity index (χ4n) is 3.01. The summed E-state index contributed by atoms with van der Waals surface area (Å²) < 4.78 is 0. The second-order valence-corrected chi connectivity index (χ2v) is 6.01. The Balaban J connectivity index is 1.58. The van der Waals surface area contributed by atoms with Crippen molar-refractivity contribution in [3.63, 3.8) is 0 Å². The predicted molar refractivity (Wildman–Crippen MR) is 102 cm³/mol. The van der Waals surface area contributed by atoms with E-state index in [4.69, 9.17) is 0 Å². The van der Waals surface area contributed by atoms with Crippen LogP contribution in [0.5, 0.6) is 0 Å². The molecule has 0 saturated carbocycles. The fraction of sp³-hybridized carbons (Fsp3) is 0.0435.